The first kappa shape index (κ1) is 15.3. The average Bonchev–Trinajstić information content (AvgIpc) is 2.48. The molecule has 3 unspecified atom stereocenters. The van der Waals surface area contributed by atoms with E-state index < -0.39 is 0 Å². The zero-order valence-electron chi connectivity index (χ0n) is 12.9. The molecule has 3 atom stereocenters. The molecule has 19 heavy (non-hydrogen) atoms. The normalized spacial score (nSPS) is 36.6. The van der Waals surface area contributed by atoms with Crippen LogP contribution in [-0.2, 0) is 4.74 Å². The van der Waals surface area contributed by atoms with E-state index in [0.717, 1.165) is 25.6 Å². The van der Waals surface area contributed by atoms with Gasteiger partial charge in [0, 0.05) is 25.2 Å². The summed E-state index contributed by atoms with van der Waals surface area (Å²) in [6, 6.07) is 0. The lowest BCUT2D eigenvalue weighted by atomic mass is 9.73. The molecule has 0 aromatic rings. The molecule has 0 amide bonds. The Morgan fingerprint density at radius 1 is 1.26 bits per heavy atom. The van der Waals surface area contributed by atoms with Crippen LogP contribution in [0.2, 0.25) is 0 Å². The van der Waals surface area contributed by atoms with Gasteiger partial charge in [0.05, 0.1) is 6.10 Å². The standard InChI is InChI=1S/C16H32N2O/c1-3-14-7-6-9-16(11-14,13-17)18(2)12-15-8-4-5-10-19-15/h14-15H,3-13,17H2,1-2H3. The van der Waals surface area contributed by atoms with Crippen molar-refractivity contribution in [1.82, 2.24) is 4.90 Å². The van der Waals surface area contributed by atoms with Gasteiger partial charge in [0.25, 0.3) is 0 Å². The highest BCUT2D eigenvalue weighted by Crippen LogP contribution is 2.37. The number of ether oxygens (including phenoxy) is 1. The smallest absolute Gasteiger partial charge is 0.0702 e. The largest absolute Gasteiger partial charge is 0.377 e. The minimum atomic E-state index is 0.236. The van der Waals surface area contributed by atoms with Gasteiger partial charge in [0.2, 0.25) is 0 Å². The van der Waals surface area contributed by atoms with Gasteiger partial charge in [-0.2, -0.15) is 0 Å². The molecule has 0 aromatic carbocycles. The SMILES string of the molecule is CCC1CCCC(CN)(N(C)CC2CCCCO2)C1. The van der Waals surface area contributed by atoms with Crippen molar-refractivity contribution < 1.29 is 4.74 Å². The molecule has 0 aromatic heterocycles. The van der Waals surface area contributed by atoms with Gasteiger partial charge in [-0.05, 0) is 45.1 Å². The topological polar surface area (TPSA) is 38.5 Å². The predicted octanol–water partition coefficient (Wildman–Crippen LogP) is 2.79. The maximum Gasteiger partial charge on any atom is 0.0702 e. The number of rotatable bonds is 5. The van der Waals surface area contributed by atoms with Gasteiger partial charge in [-0.1, -0.05) is 26.2 Å². The van der Waals surface area contributed by atoms with Gasteiger partial charge in [-0.25, -0.2) is 0 Å². The summed E-state index contributed by atoms with van der Waals surface area (Å²) in [7, 11) is 2.27. The van der Waals surface area contributed by atoms with E-state index in [1.807, 2.05) is 0 Å². The summed E-state index contributed by atoms with van der Waals surface area (Å²) in [6.45, 7) is 5.13. The van der Waals surface area contributed by atoms with Crippen LogP contribution in [0.1, 0.15) is 58.3 Å². The summed E-state index contributed by atoms with van der Waals surface area (Å²) in [5.74, 6) is 0.868. The van der Waals surface area contributed by atoms with E-state index in [1.165, 1.54) is 51.4 Å². The van der Waals surface area contributed by atoms with Crippen molar-refractivity contribution in [2.75, 3.05) is 26.7 Å². The van der Waals surface area contributed by atoms with E-state index in [4.69, 9.17) is 10.5 Å². The quantitative estimate of drug-likeness (QED) is 0.833. The maximum absolute atomic E-state index is 6.18. The number of likely N-dealkylation sites (N-methyl/N-ethyl adjacent to an activating group) is 1. The molecule has 2 fully saturated rings. The molecule has 2 aliphatic rings. The van der Waals surface area contributed by atoms with E-state index in [9.17, 15) is 0 Å². The number of nitrogens with two attached hydrogens (primary N) is 1. The second kappa shape index (κ2) is 7.05. The van der Waals surface area contributed by atoms with E-state index in [0.29, 0.717) is 6.10 Å². The zero-order chi connectivity index (χ0) is 13.7. The fourth-order valence-corrected chi connectivity index (χ4v) is 3.95. The molecule has 3 nitrogen and oxygen atoms in total. The zero-order valence-corrected chi connectivity index (χ0v) is 12.9. The van der Waals surface area contributed by atoms with E-state index in [-0.39, 0.29) is 5.54 Å². The number of hydrogen-bond donors (Lipinski definition) is 1. The highest BCUT2D eigenvalue weighted by Gasteiger charge is 2.38. The second-order valence-corrected chi connectivity index (χ2v) is 6.67. The third-order valence-electron chi connectivity index (χ3n) is 5.44. The fraction of sp³-hybridized carbons (Fsp3) is 1.00. The van der Waals surface area contributed by atoms with Crippen LogP contribution < -0.4 is 5.73 Å². The van der Waals surface area contributed by atoms with Gasteiger partial charge in [0.1, 0.15) is 0 Å². The summed E-state index contributed by atoms with van der Waals surface area (Å²) < 4.78 is 5.90. The first-order valence-electron chi connectivity index (χ1n) is 8.23. The molecule has 1 saturated carbocycles. The van der Waals surface area contributed by atoms with Crippen molar-refractivity contribution in [2.45, 2.75) is 69.9 Å². The first-order chi connectivity index (χ1) is 9.20. The molecule has 0 bridgehead atoms. The van der Waals surface area contributed by atoms with Crippen LogP contribution in [0.15, 0.2) is 0 Å². The Morgan fingerprint density at radius 3 is 2.74 bits per heavy atom. The number of nitrogens with zero attached hydrogens (tertiary/aromatic N) is 1. The monoisotopic (exact) mass is 268 g/mol. The fourth-order valence-electron chi connectivity index (χ4n) is 3.95. The third kappa shape index (κ3) is 3.71. The number of hydrogen-bond acceptors (Lipinski definition) is 3. The molecular weight excluding hydrogens is 236 g/mol. The van der Waals surface area contributed by atoms with Crippen LogP contribution in [-0.4, -0.2) is 43.3 Å². The van der Waals surface area contributed by atoms with E-state index >= 15 is 0 Å². The Balaban J connectivity index is 1.94. The lowest BCUT2D eigenvalue weighted by Crippen LogP contribution is -2.56. The van der Waals surface area contributed by atoms with Crippen LogP contribution in [0.3, 0.4) is 0 Å². The Labute approximate surface area is 118 Å². The average molecular weight is 268 g/mol. The maximum atomic E-state index is 6.18. The summed E-state index contributed by atoms with van der Waals surface area (Å²) in [6.07, 6.45) is 10.8. The molecule has 1 heterocycles. The molecule has 1 saturated heterocycles. The van der Waals surface area contributed by atoms with Gasteiger partial charge in [-0.15, -0.1) is 0 Å². The van der Waals surface area contributed by atoms with Gasteiger partial charge in [0.15, 0.2) is 0 Å². The molecule has 0 radical (unpaired) electrons. The predicted molar refractivity (Wildman–Crippen MR) is 80.3 cm³/mol. The Morgan fingerprint density at radius 2 is 2.11 bits per heavy atom. The molecule has 2 rings (SSSR count). The lowest BCUT2D eigenvalue weighted by molar-refractivity contribution is -0.0348. The van der Waals surface area contributed by atoms with Crippen LogP contribution in [0.25, 0.3) is 0 Å². The molecule has 1 aliphatic carbocycles. The summed E-state index contributed by atoms with van der Waals surface area (Å²) in [5.41, 5.74) is 6.41. The van der Waals surface area contributed by atoms with Crippen LogP contribution in [0.5, 0.6) is 0 Å². The summed E-state index contributed by atoms with van der Waals surface area (Å²) in [4.78, 5) is 2.53. The first-order valence-corrected chi connectivity index (χ1v) is 8.23. The van der Waals surface area contributed by atoms with Crippen LogP contribution in [0.4, 0.5) is 0 Å². The van der Waals surface area contributed by atoms with Crippen molar-refractivity contribution in [3.05, 3.63) is 0 Å². The van der Waals surface area contributed by atoms with Crippen LogP contribution >= 0.6 is 0 Å². The molecule has 1 aliphatic heterocycles. The Kier molecular flexibility index (Phi) is 5.67. The van der Waals surface area contributed by atoms with Gasteiger partial charge < -0.3 is 10.5 Å². The summed E-state index contributed by atoms with van der Waals surface area (Å²) >= 11 is 0. The van der Waals surface area contributed by atoms with Crippen molar-refractivity contribution in [3.8, 4) is 0 Å². The van der Waals surface area contributed by atoms with Crippen molar-refractivity contribution in [1.29, 1.82) is 0 Å². The second-order valence-electron chi connectivity index (χ2n) is 6.67. The molecule has 0 spiro atoms. The van der Waals surface area contributed by atoms with Gasteiger partial charge >= 0.3 is 0 Å². The molecule has 112 valence electrons. The van der Waals surface area contributed by atoms with E-state index in [1.54, 1.807) is 0 Å². The summed E-state index contributed by atoms with van der Waals surface area (Å²) in [5, 5.41) is 0. The third-order valence-corrected chi connectivity index (χ3v) is 5.44. The van der Waals surface area contributed by atoms with E-state index in [2.05, 4.69) is 18.9 Å². The van der Waals surface area contributed by atoms with Crippen molar-refractivity contribution in [2.24, 2.45) is 11.7 Å². The van der Waals surface area contributed by atoms with Crippen LogP contribution in [0, 0.1) is 5.92 Å². The molecule has 2 N–H and O–H groups in total. The molecular formula is C16H32N2O. The lowest BCUT2D eigenvalue weighted by Gasteiger charge is -2.47. The molecule has 3 heteroatoms. The Hall–Kier alpha value is -0.120. The Bertz CT molecular complexity index is 265. The van der Waals surface area contributed by atoms with Crippen molar-refractivity contribution >= 4 is 0 Å². The van der Waals surface area contributed by atoms with Crippen molar-refractivity contribution in [3.63, 3.8) is 0 Å². The highest BCUT2D eigenvalue weighted by atomic mass is 16.5. The minimum Gasteiger partial charge on any atom is -0.377 e. The van der Waals surface area contributed by atoms with Gasteiger partial charge in [-0.3, -0.25) is 4.90 Å². The minimum absolute atomic E-state index is 0.236. The highest BCUT2D eigenvalue weighted by molar-refractivity contribution is 4.96.